The van der Waals surface area contributed by atoms with Crippen molar-refractivity contribution >= 4 is 10.0 Å². The Morgan fingerprint density at radius 2 is 1.78 bits per heavy atom. The van der Waals surface area contributed by atoms with Gasteiger partial charge in [0.05, 0.1) is 0 Å². The lowest BCUT2D eigenvalue weighted by molar-refractivity contribution is 0.236. The average molecular weight is 271 g/mol. The summed E-state index contributed by atoms with van der Waals surface area (Å²) in [5.41, 5.74) is 1.39. The Kier molecular flexibility index (Phi) is 6.30. The van der Waals surface area contributed by atoms with E-state index in [0.29, 0.717) is 0 Å². The predicted octanol–water partition coefficient (Wildman–Crippen LogP) is 5.48. The van der Waals surface area contributed by atoms with Crippen LogP contribution in [0.25, 0.3) is 0 Å². The molecule has 2 atom stereocenters. The summed E-state index contributed by atoms with van der Waals surface area (Å²) in [7, 11) is -0.327. The molecule has 108 valence electrons. The van der Waals surface area contributed by atoms with Crippen molar-refractivity contribution in [1.82, 2.24) is 0 Å². The molecule has 0 aromatic carbocycles. The van der Waals surface area contributed by atoms with Gasteiger partial charge in [0.2, 0.25) is 0 Å². The minimum atomic E-state index is -0.327. The molecule has 1 fully saturated rings. The molecular formula is C17H34S. The Morgan fingerprint density at radius 3 is 2.22 bits per heavy atom. The largest absolute Gasteiger partial charge is 0.250 e. The van der Waals surface area contributed by atoms with Crippen LogP contribution in [0.1, 0.15) is 52.4 Å². The first-order valence-electron chi connectivity index (χ1n) is 7.60. The quantitative estimate of drug-likeness (QED) is 0.537. The molecule has 0 heterocycles. The molecule has 0 saturated heterocycles. The molecule has 1 heteroatoms. The Hall–Kier alpha value is 0.0900. The van der Waals surface area contributed by atoms with Gasteiger partial charge in [-0.2, -0.15) is 0 Å². The van der Waals surface area contributed by atoms with E-state index in [4.69, 9.17) is 0 Å². The number of hydrogen-bond acceptors (Lipinski definition) is 0. The Bertz CT molecular complexity index is 255. The van der Waals surface area contributed by atoms with E-state index in [1.165, 1.54) is 49.9 Å². The van der Waals surface area contributed by atoms with Crippen molar-refractivity contribution in [1.29, 1.82) is 0 Å². The van der Waals surface area contributed by atoms with Crippen molar-refractivity contribution in [2.24, 2.45) is 17.8 Å². The summed E-state index contributed by atoms with van der Waals surface area (Å²) in [4.78, 5) is 0. The van der Waals surface area contributed by atoms with Gasteiger partial charge in [0.1, 0.15) is 0 Å². The van der Waals surface area contributed by atoms with E-state index in [9.17, 15) is 0 Å². The first kappa shape index (κ1) is 16.1. The van der Waals surface area contributed by atoms with Crippen LogP contribution in [0.15, 0.2) is 12.2 Å². The summed E-state index contributed by atoms with van der Waals surface area (Å²) >= 11 is 0. The zero-order chi connectivity index (χ0) is 13.8. The molecule has 0 amide bonds. The molecule has 2 unspecified atom stereocenters. The van der Waals surface area contributed by atoms with Gasteiger partial charge in [-0.05, 0) is 62.0 Å². The van der Waals surface area contributed by atoms with Crippen LogP contribution in [0.4, 0.5) is 0 Å². The highest BCUT2D eigenvalue weighted by Crippen LogP contribution is 2.42. The molecule has 0 aromatic rings. The standard InChI is InChI=1S/C17H34S/c1-14(2)13-17(16-9-7-8-10-16)15(3)11-12-18(4,5)6/h15-17H,1,7-13H2,2-6H3. The Morgan fingerprint density at radius 1 is 1.22 bits per heavy atom. The Labute approximate surface area is 117 Å². The molecule has 0 radical (unpaired) electrons. The van der Waals surface area contributed by atoms with Crippen LogP contribution in [-0.4, -0.2) is 24.5 Å². The SMILES string of the molecule is C=C(C)CC(C(C)CCS(C)(C)C)C1CCCC1. The lowest BCUT2D eigenvalue weighted by Crippen LogP contribution is -2.22. The van der Waals surface area contributed by atoms with Crippen molar-refractivity contribution in [3.05, 3.63) is 12.2 Å². The van der Waals surface area contributed by atoms with Crippen LogP contribution in [0.3, 0.4) is 0 Å². The topological polar surface area (TPSA) is 0 Å². The van der Waals surface area contributed by atoms with Crippen LogP contribution in [0.5, 0.6) is 0 Å². The second-order valence-electron chi connectivity index (χ2n) is 7.43. The molecule has 1 aliphatic carbocycles. The van der Waals surface area contributed by atoms with E-state index >= 15 is 0 Å². The molecule has 0 aliphatic heterocycles. The molecule has 1 saturated carbocycles. The van der Waals surface area contributed by atoms with Crippen molar-refractivity contribution in [3.63, 3.8) is 0 Å². The molecule has 0 nitrogen and oxygen atoms in total. The van der Waals surface area contributed by atoms with Crippen molar-refractivity contribution in [2.45, 2.75) is 52.4 Å². The monoisotopic (exact) mass is 270 g/mol. The summed E-state index contributed by atoms with van der Waals surface area (Å²) in [5.74, 6) is 4.23. The van der Waals surface area contributed by atoms with E-state index in [1.807, 2.05) is 0 Å². The van der Waals surface area contributed by atoms with Gasteiger partial charge in [-0.3, -0.25) is 0 Å². The fourth-order valence-electron chi connectivity index (χ4n) is 3.37. The molecular weight excluding hydrogens is 236 g/mol. The third-order valence-corrected chi connectivity index (χ3v) is 5.97. The summed E-state index contributed by atoms with van der Waals surface area (Å²) in [6, 6.07) is 0. The van der Waals surface area contributed by atoms with Gasteiger partial charge in [0.25, 0.3) is 0 Å². The van der Waals surface area contributed by atoms with Crippen molar-refractivity contribution in [2.75, 3.05) is 24.5 Å². The highest BCUT2D eigenvalue weighted by molar-refractivity contribution is 8.32. The summed E-state index contributed by atoms with van der Waals surface area (Å²) in [5, 5.41) is 0. The van der Waals surface area contributed by atoms with Gasteiger partial charge in [-0.1, -0.05) is 38.2 Å². The van der Waals surface area contributed by atoms with Crippen LogP contribution in [-0.2, 0) is 0 Å². The van der Waals surface area contributed by atoms with E-state index in [2.05, 4.69) is 39.2 Å². The van der Waals surface area contributed by atoms with Gasteiger partial charge >= 0.3 is 0 Å². The van der Waals surface area contributed by atoms with Gasteiger partial charge < -0.3 is 0 Å². The zero-order valence-corrected chi connectivity index (χ0v) is 14.1. The maximum Gasteiger partial charge on any atom is -0.0233 e. The molecule has 0 aromatic heterocycles. The van der Waals surface area contributed by atoms with E-state index in [0.717, 1.165) is 17.8 Å². The Balaban J connectivity index is 2.54. The van der Waals surface area contributed by atoms with Crippen LogP contribution in [0, 0.1) is 17.8 Å². The van der Waals surface area contributed by atoms with Crippen LogP contribution < -0.4 is 0 Å². The second kappa shape index (κ2) is 7.03. The van der Waals surface area contributed by atoms with Gasteiger partial charge in [0.15, 0.2) is 0 Å². The number of rotatable bonds is 7. The minimum absolute atomic E-state index is 0.327. The summed E-state index contributed by atoms with van der Waals surface area (Å²) in [6.45, 7) is 8.87. The average Bonchev–Trinajstić information content (AvgIpc) is 2.74. The predicted molar refractivity (Wildman–Crippen MR) is 88.9 cm³/mol. The molecule has 1 aliphatic rings. The molecule has 1 rings (SSSR count). The zero-order valence-electron chi connectivity index (χ0n) is 13.3. The maximum absolute atomic E-state index is 4.16. The van der Waals surface area contributed by atoms with E-state index < -0.39 is 0 Å². The third kappa shape index (κ3) is 5.82. The first-order valence-corrected chi connectivity index (χ1v) is 10.6. The highest BCUT2D eigenvalue weighted by atomic mass is 32.3. The molecule has 0 N–H and O–H groups in total. The smallest absolute Gasteiger partial charge is 0.0233 e. The minimum Gasteiger partial charge on any atom is -0.250 e. The van der Waals surface area contributed by atoms with Crippen molar-refractivity contribution in [3.8, 4) is 0 Å². The van der Waals surface area contributed by atoms with Crippen molar-refractivity contribution < 1.29 is 0 Å². The fraction of sp³-hybridized carbons (Fsp3) is 0.882. The molecule has 0 bridgehead atoms. The lowest BCUT2D eigenvalue weighted by Gasteiger charge is -2.33. The maximum atomic E-state index is 4.16. The number of hydrogen-bond donors (Lipinski definition) is 0. The lowest BCUT2D eigenvalue weighted by atomic mass is 9.77. The molecule has 18 heavy (non-hydrogen) atoms. The van der Waals surface area contributed by atoms with Gasteiger partial charge in [0, 0.05) is 0 Å². The second-order valence-corrected chi connectivity index (χ2v) is 12.0. The summed E-state index contributed by atoms with van der Waals surface area (Å²) in [6.07, 6.45) is 15.9. The van der Waals surface area contributed by atoms with E-state index in [1.54, 1.807) is 0 Å². The first-order chi connectivity index (χ1) is 8.29. The summed E-state index contributed by atoms with van der Waals surface area (Å²) < 4.78 is 0. The number of allylic oxidation sites excluding steroid dienone is 1. The van der Waals surface area contributed by atoms with Gasteiger partial charge in [-0.25, -0.2) is 10.0 Å². The highest BCUT2D eigenvalue weighted by Gasteiger charge is 2.29. The third-order valence-electron chi connectivity index (χ3n) is 4.51. The normalized spacial score (nSPS) is 21.8. The van der Waals surface area contributed by atoms with Crippen LogP contribution >= 0.6 is 10.0 Å². The fourth-order valence-corrected chi connectivity index (χ4v) is 4.45. The van der Waals surface area contributed by atoms with Gasteiger partial charge in [-0.15, -0.1) is 6.58 Å². The van der Waals surface area contributed by atoms with Crippen LogP contribution in [0.2, 0.25) is 0 Å². The molecule has 0 spiro atoms. The van der Waals surface area contributed by atoms with E-state index in [-0.39, 0.29) is 10.0 Å².